The number of piperazine rings is 1. The number of likely N-dealkylation sites (N-methyl/N-ethyl adjacent to an activating group) is 1. The molecular weight excluding hydrogens is 523 g/mol. The van der Waals surface area contributed by atoms with Crippen molar-refractivity contribution in [3.63, 3.8) is 0 Å². The van der Waals surface area contributed by atoms with Gasteiger partial charge in [0.1, 0.15) is 23.6 Å². The van der Waals surface area contributed by atoms with E-state index in [0.29, 0.717) is 60.0 Å². The second kappa shape index (κ2) is 10.4. The van der Waals surface area contributed by atoms with Crippen LogP contribution in [0.3, 0.4) is 0 Å². The van der Waals surface area contributed by atoms with Crippen LogP contribution in [0.15, 0.2) is 42.6 Å². The van der Waals surface area contributed by atoms with Crippen molar-refractivity contribution >= 4 is 45.2 Å². The summed E-state index contributed by atoms with van der Waals surface area (Å²) in [6, 6.07) is 11.4. The first-order valence-electron chi connectivity index (χ1n) is 13.0. The summed E-state index contributed by atoms with van der Waals surface area (Å²) in [6.45, 7) is 2.84. The second-order valence-electron chi connectivity index (χ2n) is 10.0. The van der Waals surface area contributed by atoms with Gasteiger partial charge in [-0.3, -0.25) is 4.98 Å². The van der Waals surface area contributed by atoms with Crippen molar-refractivity contribution < 1.29 is 19.0 Å². The number of aromatic nitrogens is 3. The summed E-state index contributed by atoms with van der Waals surface area (Å²) < 4.78 is 22.4. The molecule has 1 unspecified atom stereocenters. The number of pyridine rings is 1. The highest BCUT2D eigenvalue weighted by molar-refractivity contribution is 6.36. The largest absolute Gasteiger partial charge is 0.465 e. The maximum absolute atomic E-state index is 16.3. The molecule has 2 aliphatic rings. The van der Waals surface area contributed by atoms with Crippen molar-refractivity contribution in [1.82, 2.24) is 24.8 Å². The number of hydrogen-bond donors (Lipinski definition) is 1. The van der Waals surface area contributed by atoms with Gasteiger partial charge in [0.15, 0.2) is 5.82 Å². The zero-order valence-corrected chi connectivity index (χ0v) is 22.2. The molecule has 2 aliphatic heterocycles. The van der Waals surface area contributed by atoms with Gasteiger partial charge in [0.05, 0.1) is 5.39 Å². The van der Waals surface area contributed by atoms with Crippen molar-refractivity contribution in [2.45, 2.75) is 18.9 Å². The molecule has 0 radical (unpaired) electrons. The van der Waals surface area contributed by atoms with Crippen LogP contribution in [0, 0.1) is 5.82 Å². The Balaban J connectivity index is 1.45. The Labute approximate surface area is 229 Å². The zero-order valence-electron chi connectivity index (χ0n) is 21.5. The van der Waals surface area contributed by atoms with E-state index in [2.05, 4.69) is 26.9 Å². The van der Waals surface area contributed by atoms with Crippen LogP contribution in [-0.2, 0) is 0 Å². The van der Waals surface area contributed by atoms with E-state index in [0.717, 1.165) is 24.8 Å². The van der Waals surface area contributed by atoms with Crippen molar-refractivity contribution in [2.75, 3.05) is 51.3 Å². The summed E-state index contributed by atoms with van der Waals surface area (Å²) in [7, 11) is 2.06. The summed E-state index contributed by atoms with van der Waals surface area (Å²) in [5, 5.41) is 11.9. The maximum Gasteiger partial charge on any atom is 0.407 e. The Morgan fingerprint density at radius 2 is 1.90 bits per heavy atom. The molecule has 11 heteroatoms. The van der Waals surface area contributed by atoms with Crippen LogP contribution in [-0.4, -0.2) is 88.4 Å². The van der Waals surface area contributed by atoms with Crippen molar-refractivity contribution in [1.29, 1.82) is 0 Å². The van der Waals surface area contributed by atoms with Gasteiger partial charge in [-0.05, 0) is 37.9 Å². The van der Waals surface area contributed by atoms with Crippen LogP contribution in [0.4, 0.5) is 15.0 Å². The van der Waals surface area contributed by atoms with E-state index in [1.165, 1.54) is 4.90 Å². The number of rotatable bonds is 5. The van der Waals surface area contributed by atoms with Crippen molar-refractivity contribution in [3.05, 3.63) is 53.4 Å². The number of nitrogens with zero attached hydrogens (tertiary/aromatic N) is 6. The molecule has 9 nitrogen and oxygen atoms in total. The predicted molar refractivity (Wildman–Crippen MR) is 148 cm³/mol. The number of carbonyl (C=O) groups is 1. The lowest BCUT2D eigenvalue weighted by atomic mass is 10.0. The summed E-state index contributed by atoms with van der Waals surface area (Å²) >= 11 is 6.53. The molecule has 0 bridgehead atoms. The zero-order chi connectivity index (χ0) is 27.1. The predicted octanol–water partition coefficient (Wildman–Crippen LogP) is 4.91. The van der Waals surface area contributed by atoms with E-state index in [-0.39, 0.29) is 23.3 Å². The molecule has 0 aliphatic carbocycles. The highest BCUT2D eigenvalue weighted by Gasteiger charge is 2.27. The Kier molecular flexibility index (Phi) is 6.82. The van der Waals surface area contributed by atoms with Gasteiger partial charge in [-0.1, -0.05) is 41.9 Å². The van der Waals surface area contributed by atoms with E-state index in [1.54, 1.807) is 18.3 Å². The summed E-state index contributed by atoms with van der Waals surface area (Å²) in [4.78, 5) is 30.7. The van der Waals surface area contributed by atoms with Crippen molar-refractivity contribution in [3.8, 4) is 17.3 Å². The van der Waals surface area contributed by atoms with Crippen LogP contribution < -0.4 is 9.64 Å². The molecule has 4 aromatic rings. The van der Waals surface area contributed by atoms with E-state index >= 15 is 4.39 Å². The molecule has 0 saturated carbocycles. The first-order chi connectivity index (χ1) is 18.9. The SMILES string of the molecule is CN1CCCC1COc1nc(N2CCN(C(=O)O)CC2)c2cnc(-c3cccc4cccc(Cl)c34)c(F)c2n1. The van der Waals surface area contributed by atoms with Crippen LogP contribution in [0.5, 0.6) is 6.01 Å². The Bertz CT molecular complexity index is 1560. The van der Waals surface area contributed by atoms with Gasteiger partial charge in [-0.25, -0.2) is 9.18 Å². The minimum absolute atomic E-state index is 0.0884. The summed E-state index contributed by atoms with van der Waals surface area (Å²) in [5.41, 5.74) is 0.815. The number of benzene rings is 2. The van der Waals surface area contributed by atoms with Crippen LogP contribution >= 0.6 is 11.6 Å². The second-order valence-corrected chi connectivity index (χ2v) is 10.4. The van der Waals surface area contributed by atoms with Gasteiger partial charge in [0.2, 0.25) is 0 Å². The molecule has 4 heterocycles. The molecule has 1 amide bonds. The third kappa shape index (κ3) is 4.79. The maximum atomic E-state index is 16.3. The van der Waals surface area contributed by atoms with Gasteiger partial charge in [0.25, 0.3) is 0 Å². The van der Waals surface area contributed by atoms with E-state index in [1.807, 2.05) is 29.2 Å². The van der Waals surface area contributed by atoms with E-state index in [9.17, 15) is 9.90 Å². The lowest BCUT2D eigenvalue weighted by Crippen LogP contribution is -2.48. The number of halogens is 2. The smallest absolute Gasteiger partial charge is 0.407 e. The summed E-state index contributed by atoms with van der Waals surface area (Å²) in [5.74, 6) is -0.107. The monoisotopic (exact) mass is 550 g/mol. The van der Waals surface area contributed by atoms with Gasteiger partial charge in [-0.2, -0.15) is 9.97 Å². The lowest BCUT2D eigenvalue weighted by molar-refractivity contribution is 0.142. The van der Waals surface area contributed by atoms with Gasteiger partial charge < -0.3 is 24.5 Å². The Hall–Kier alpha value is -3.76. The van der Waals surface area contributed by atoms with E-state index in [4.69, 9.17) is 16.3 Å². The molecule has 39 heavy (non-hydrogen) atoms. The van der Waals surface area contributed by atoms with Gasteiger partial charge in [-0.15, -0.1) is 0 Å². The minimum atomic E-state index is -0.960. The molecule has 6 rings (SSSR count). The fourth-order valence-electron chi connectivity index (χ4n) is 5.48. The Morgan fingerprint density at radius 1 is 1.13 bits per heavy atom. The molecule has 0 spiro atoms. The standard InChI is InChI=1S/C28H28ClFN6O3/c1-34-10-4-7-18(34)16-39-27-32-25-20(26(33-27)35-11-13-36(14-12-35)28(37)38)15-31-24(23(25)30)19-8-2-5-17-6-3-9-21(29)22(17)19/h2-3,5-6,8-9,15,18H,4,7,10-14,16H2,1H3,(H,37,38). The number of carboxylic acid groups (broad SMARTS) is 1. The fourth-order valence-corrected chi connectivity index (χ4v) is 5.76. The number of fused-ring (bicyclic) bond motifs is 2. The Morgan fingerprint density at radius 3 is 2.62 bits per heavy atom. The number of ether oxygens (including phenoxy) is 1. The van der Waals surface area contributed by atoms with Crippen LogP contribution in [0.1, 0.15) is 12.8 Å². The quantitative estimate of drug-likeness (QED) is 0.374. The topological polar surface area (TPSA) is 94.9 Å². The lowest BCUT2D eigenvalue weighted by Gasteiger charge is -2.34. The number of hydrogen-bond acceptors (Lipinski definition) is 7. The average molecular weight is 551 g/mol. The molecule has 2 saturated heterocycles. The highest BCUT2D eigenvalue weighted by Crippen LogP contribution is 2.37. The van der Waals surface area contributed by atoms with Crippen LogP contribution in [0.25, 0.3) is 32.9 Å². The molecule has 1 atom stereocenters. The van der Waals surface area contributed by atoms with Crippen LogP contribution in [0.2, 0.25) is 5.02 Å². The highest BCUT2D eigenvalue weighted by atomic mass is 35.5. The normalized spacial score (nSPS) is 18.3. The molecule has 2 fully saturated rings. The fraction of sp³-hybridized carbons (Fsp3) is 0.357. The molecule has 2 aromatic carbocycles. The third-order valence-electron chi connectivity index (χ3n) is 7.68. The first-order valence-corrected chi connectivity index (χ1v) is 13.4. The van der Waals surface area contributed by atoms with Gasteiger partial charge >= 0.3 is 12.1 Å². The van der Waals surface area contributed by atoms with E-state index < -0.39 is 11.9 Å². The molecule has 1 N–H and O–H groups in total. The molecule has 202 valence electrons. The first kappa shape index (κ1) is 25.5. The number of anilines is 1. The summed E-state index contributed by atoms with van der Waals surface area (Å²) in [6.07, 6.45) is 2.73. The third-order valence-corrected chi connectivity index (χ3v) is 7.99. The minimum Gasteiger partial charge on any atom is -0.465 e. The average Bonchev–Trinajstić information content (AvgIpc) is 3.36. The van der Waals surface area contributed by atoms with Crippen molar-refractivity contribution in [2.24, 2.45) is 0 Å². The molecular formula is C28H28ClFN6O3. The number of amides is 1. The number of likely N-dealkylation sites (tertiary alicyclic amines) is 1. The van der Waals surface area contributed by atoms with Gasteiger partial charge in [0, 0.05) is 54.4 Å². The molecule has 2 aromatic heterocycles.